The number of halogens is 2. The summed E-state index contributed by atoms with van der Waals surface area (Å²) in [7, 11) is -6.09. The summed E-state index contributed by atoms with van der Waals surface area (Å²) in [4.78, 5) is 63.5. The standard InChI is InChI=1S/C45H60F2N4O11S2/c1-27(2)36-37-35(31-22-30(60-6)15-16-32(31)48-36)45(46,47)25-43(62-37)24-33-38(53)49-44(40(55)50-64(58,59)42(5)17-18-42)23-29(44)14-12-10-8-9-11-13-28(39(54)51(33)26-43)21-34(52)61-41(3,4)19-20-63(7,56)57/h12,14-16,22,27-29,33H,8-11,13,17-21,23-26H2,1-7H3,(H,49,53)(H,50,55)/b14-12-/t28-,29-,33+,43+,44-/m1/s1. The minimum absolute atomic E-state index is 0.000227. The van der Waals surface area contributed by atoms with Crippen molar-refractivity contribution in [1.82, 2.24) is 19.9 Å². The van der Waals surface area contributed by atoms with Crippen LogP contribution in [0.5, 0.6) is 11.5 Å². The van der Waals surface area contributed by atoms with E-state index in [0.717, 1.165) is 11.2 Å². The van der Waals surface area contributed by atoms with Crippen molar-refractivity contribution in [2.45, 2.75) is 151 Å². The van der Waals surface area contributed by atoms with E-state index in [0.29, 0.717) is 49.8 Å². The van der Waals surface area contributed by atoms with Gasteiger partial charge < -0.3 is 24.4 Å². The molecule has 64 heavy (non-hydrogen) atoms. The first-order chi connectivity index (χ1) is 29.7. The van der Waals surface area contributed by atoms with Gasteiger partial charge in [-0.2, -0.15) is 0 Å². The molecule has 3 amide bonds. The van der Waals surface area contributed by atoms with Crippen molar-refractivity contribution >= 4 is 54.5 Å². The first-order valence-corrected chi connectivity index (χ1v) is 25.6. The van der Waals surface area contributed by atoms with Gasteiger partial charge in [-0.25, -0.2) is 30.6 Å². The van der Waals surface area contributed by atoms with Crippen molar-refractivity contribution in [3.63, 3.8) is 0 Å². The molecular weight excluding hydrogens is 875 g/mol. The van der Waals surface area contributed by atoms with E-state index in [4.69, 9.17) is 19.2 Å². The normalized spacial score (nSPS) is 28.4. The van der Waals surface area contributed by atoms with Gasteiger partial charge in [0.05, 0.1) is 53.8 Å². The molecule has 4 heterocycles. The van der Waals surface area contributed by atoms with Gasteiger partial charge in [0.15, 0.2) is 5.75 Å². The van der Waals surface area contributed by atoms with Gasteiger partial charge in [-0.3, -0.25) is 23.9 Å². The third-order valence-electron chi connectivity index (χ3n) is 13.6. The molecule has 1 saturated heterocycles. The number of amides is 3. The Morgan fingerprint density at radius 2 is 1.81 bits per heavy atom. The predicted molar refractivity (Wildman–Crippen MR) is 233 cm³/mol. The molecule has 3 aliphatic heterocycles. The smallest absolute Gasteiger partial charge is 0.307 e. The number of hydrogen-bond donors (Lipinski definition) is 2. The molecule has 3 fully saturated rings. The van der Waals surface area contributed by atoms with E-state index in [1.165, 1.54) is 20.1 Å². The molecule has 2 saturated carbocycles. The van der Waals surface area contributed by atoms with Crippen LogP contribution >= 0.6 is 0 Å². The van der Waals surface area contributed by atoms with Gasteiger partial charge in [0.25, 0.3) is 11.8 Å². The summed E-state index contributed by atoms with van der Waals surface area (Å²) in [6, 6.07) is 3.19. The highest BCUT2D eigenvalue weighted by molar-refractivity contribution is 7.91. The van der Waals surface area contributed by atoms with Crippen LogP contribution in [0.1, 0.15) is 129 Å². The van der Waals surface area contributed by atoms with Gasteiger partial charge in [0.2, 0.25) is 21.8 Å². The summed E-state index contributed by atoms with van der Waals surface area (Å²) in [5.41, 5.74) is -4.62. The van der Waals surface area contributed by atoms with Gasteiger partial charge in [0.1, 0.15) is 38.4 Å². The number of aromatic nitrogens is 1. The van der Waals surface area contributed by atoms with Crippen LogP contribution in [0, 0.1) is 11.8 Å². The van der Waals surface area contributed by atoms with Crippen LogP contribution in [0.2, 0.25) is 0 Å². The monoisotopic (exact) mass is 934 g/mol. The number of allylic oxidation sites excluding steroid dienone is 1. The van der Waals surface area contributed by atoms with E-state index in [1.54, 1.807) is 45.9 Å². The average Bonchev–Trinajstić information content (AvgIpc) is 4.09. The molecule has 15 nitrogen and oxygen atoms in total. The van der Waals surface area contributed by atoms with Crippen molar-refractivity contribution in [3.8, 4) is 11.5 Å². The summed E-state index contributed by atoms with van der Waals surface area (Å²) in [6.07, 6.45) is 6.24. The summed E-state index contributed by atoms with van der Waals surface area (Å²) in [5.74, 6) is -9.00. The molecule has 5 aliphatic rings. The fourth-order valence-electron chi connectivity index (χ4n) is 9.33. The summed E-state index contributed by atoms with van der Waals surface area (Å²) >= 11 is 0. The van der Waals surface area contributed by atoms with Crippen LogP contribution in [0.25, 0.3) is 10.9 Å². The zero-order valence-corrected chi connectivity index (χ0v) is 39.2. The van der Waals surface area contributed by atoms with Crippen molar-refractivity contribution in [1.29, 1.82) is 0 Å². The molecule has 2 aliphatic carbocycles. The molecule has 7 rings (SSSR count). The number of ether oxygens (including phenoxy) is 3. The Bertz CT molecular complexity index is 2490. The number of sulfone groups is 1. The van der Waals surface area contributed by atoms with Crippen LogP contribution in [-0.4, -0.2) is 104 Å². The number of benzene rings is 1. The lowest BCUT2D eigenvalue weighted by molar-refractivity contribution is -0.160. The quantitative estimate of drug-likeness (QED) is 0.205. The number of carbonyl (C=O) groups excluding carboxylic acids is 4. The number of nitrogens with one attached hydrogen (secondary N) is 2. The highest BCUT2D eigenvalue weighted by atomic mass is 32.2. The molecule has 19 heteroatoms. The first-order valence-electron chi connectivity index (χ1n) is 22.1. The van der Waals surface area contributed by atoms with Crippen molar-refractivity contribution in [2.24, 2.45) is 11.8 Å². The second-order valence-corrected chi connectivity index (χ2v) is 24.3. The summed E-state index contributed by atoms with van der Waals surface area (Å²) in [5, 5.41) is 2.91. The Hall–Kier alpha value is -4.39. The Labute approximate surface area is 373 Å². The van der Waals surface area contributed by atoms with Gasteiger partial charge >= 0.3 is 5.97 Å². The molecule has 2 N–H and O–H groups in total. The topological polar surface area (TPSA) is 204 Å². The predicted octanol–water partition coefficient (Wildman–Crippen LogP) is 5.74. The number of esters is 1. The van der Waals surface area contributed by atoms with Crippen molar-refractivity contribution in [2.75, 3.05) is 25.7 Å². The number of nitrogens with zero attached hydrogens (tertiary/aromatic N) is 2. The van der Waals surface area contributed by atoms with Crippen molar-refractivity contribution in [3.05, 3.63) is 41.6 Å². The number of pyridine rings is 1. The van der Waals surface area contributed by atoms with Crippen molar-refractivity contribution < 1.29 is 59.0 Å². The molecule has 0 unspecified atom stereocenters. The molecule has 1 aromatic heterocycles. The molecule has 2 aromatic rings. The number of fused-ring (bicyclic) bond motifs is 5. The maximum Gasteiger partial charge on any atom is 0.307 e. The summed E-state index contributed by atoms with van der Waals surface area (Å²) in [6.45, 7) is 7.75. The Balaban J connectivity index is 1.28. The zero-order valence-electron chi connectivity index (χ0n) is 37.6. The van der Waals surface area contributed by atoms with E-state index in [2.05, 4.69) is 10.0 Å². The van der Waals surface area contributed by atoms with Crippen LogP contribution in [0.3, 0.4) is 0 Å². The van der Waals surface area contributed by atoms with Gasteiger partial charge in [-0.15, -0.1) is 0 Å². The van der Waals surface area contributed by atoms with E-state index in [1.807, 2.05) is 6.08 Å². The highest BCUT2D eigenvalue weighted by Gasteiger charge is 2.65. The second-order valence-electron chi connectivity index (χ2n) is 19.8. The Morgan fingerprint density at radius 1 is 1.09 bits per heavy atom. The Morgan fingerprint density at radius 3 is 2.47 bits per heavy atom. The number of hydrogen-bond acceptors (Lipinski definition) is 12. The molecule has 5 atom stereocenters. The van der Waals surface area contributed by atoms with Crippen LogP contribution in [0.15, 0.2) is 30.4 Å². The van der Waals surface area contributed by atoms with Crippen LogP contribution in [0.4, 0.5) is 8.78 Å². The van der Waals surface area contributed by atoms with Gasteiger partial charge in [0, 0.05) is 36.3 Å². The van der Waals surface area contributed by atoms with E-state index in [-0.39, 0.29) is 47.4 Å². The largest absolute Gasteiger partial charge is 0.497 e. The fourth-order valence-corrected chi connectivity index (χ4v) is 11.5. The maximum absolute atomic E-state index is 17.2. The van der Waals surface area contributed by atoms with E-state index in [9.17, 15) is 31.2 Å². The minimum Gasteiger partial charge on any atom is -0.497 e. The highest BCUT2D eigenvalue weighted by Crippen LogP contribution is 2.56. The lowest BCUT2D eigenvalue weighted by Gasteiger charge is -2.41. The van der Waals surface area contributed by atoms with Crippen LogP contribution < -0.4 is 19.5 Å². The molecular formula is C45H60F2N4O11S2. The lowest BCUT2D eigenvalue weighted by atomic mass is 9.83. The first kappa shape index (κ1) is 47.6. The maximum atomic E-state index is 17.2. The Kier molecular flexibility index (Phi) is 12.5. The third kappa shape index (κ3) is 9.61. The number of carbonyl (C=O) groups is 4. The van der Waals surface area contributed by atoms with Gasteiger partial charge in [-0.1, -0.05) is 38.8 Å². The van der Waals surface area contributed by atoms with E-state index < -0.39 is 121 Å². The number of alkyl halides is 2. The zero-order chi connectivity index (χ0) is 46.8. The molecule has 1 aromatic carbocycles. The van der Waals surface area contributed by atoms with E-state index >= 15 is 13.6 Å². The molecule has 0 bridgehead atoms. The average molecular weight is 935 g/mol. The number of sulfonamides is 1. The fraction of sp³-hybridized carbons (Fsp3) is 0.667. The SMILES string of the molecule is COc1ccc2nc(C(C)C)c3c(c2c1)C(F)(F)C[C@]1(C[C@H]2C(=O)N[C@]4(C(=O)NS(=O)(=O)C5(C)CC5)C[C@H]4/C=C\CCCCC[C@H](CC(=O)OC(C)(C)CCS(C)(=O)=O)C(=O)N2C1)O3. The molecule has 1 spiro atoms. The summed E-state index contributed by atoms with van der Waals surface area (Å²) < 4.78 is 104. The number of rotatable bonds is 11. The van der Waals surface area contributed by atoms with Crippen LogP contribution in [-0.2, 0) is 49.7 Å². The minimum atomic E-state index is -4.12. The molecule has 0 radical (unpaired) electrons. The van der Waals surface area contributed by atoms with Gasteiger partial charge in [-0.05, 0) is 83.4 Å². The second kappa shape index (κ2) is 16.8. The molecule has 352 valence electrons. The number of methoxy groups -OCH3 is 1. The third-order valence-corrected chi connectivity index (χ3v) is 16.7. The lowest BCUT2D eigenvalue weighted by Crippen LogP contribution is -2.57.